The zero-order chi connectivity index (χ0) is 14.4. The van der Waals surface area contributed by atoms with Crippen LogP contribution in [-0.4, -0.2) is 23.7 Å². The van der Waals surface area contributed by atoms with E-state index in [1.165, 1.54) is 5.56 Å². The Kier molecular flexibility index (Phi) is 5.03. The molecule has 104 valence electrons. The maximum absolute atomic E-state index is 5.60. The third-order valence-corrected chi connectivity index (χ3v) is 3.07. The summed E-state index contributed by atoms with van der Waals surface area (Å²) in [5, 5.41) is 3.29. The lowest BCUT2D eigenvalue weighted by Gasteiger charge is -2.11. The van der Waals surface area contributed by atoms with Crippen molar-refractivity contribution in [2.24, 2.45) is 5.73 Å². The number of rotatable bonds is 6. The van der Waals surface area contributed by atoms with E-state index in [2.05, 4.69) is 16.4 Å². The molecule has 0 amide bonds. The lowest BCUT2D eigenvalue weighted by molar-refractivity contribution is 0.202. The number of aromatic nitrogens is 1. The first-order valence-corrected chi connectivity index (χ1v) is 6.72. The van der Waals surface area contributed by atoms with Crippen LogP contribution in [0.3, 0.4) is 0 Å². The molecule has 4 nitrogen and oxygen atoms in total. The van der Waals surface area contributed by atoms with Gasteiger partial charge in [-0.25, -0.2) is 4.98 Å². The van der Waals surface area contributed by atoms with Gasteiger partial charge in [0.1, 0.15) is 10.8 Å². The van der Waals surface area contributed by atoms with Gasteiger partial charge in [0.25, 0.3) is 0 Å². The van der Waals surface area contributed by atoms with E-state index >= 15 is 0 Å². The number of hydrogen-bond acceptors (Lipinski definition) is 4. The van der Waals surface area contributed by atoms with Gasteiger partial charge in [-0.2, -0.15) is 0 Å². The molecule has 0 saturated carbocycles. The number of hydrogen-bond donors (Lipinski definition) is 2. The summed E-state index contributed by atoms with van der Waals surface area (Å²) in [7, 11) is 1.70. The molecule has 20 heavy (non-hydrogen) atoms. The summed E-state index contributed by atoms with van der Waals surface area (Å²) in [6.45, 7) is 0.680. The maximum atomic E-state index is 5.60. The van der Waals surface area contributed by atoms with E-state index in [4.69, 9.17) is 22.7 Å². The van der Waals surface area contributed by atoms with Gasteiger partial charge < -0.3 is 15.8 Å². The molecule has 0 radical (unpaired) electrons. The van der Waals surface area contributed by atoms with Crippen LogP contribution in [0.5, 0.6) is 0 Å². The summed E-state index contributed by atoms with van der Waals surface area (Å²) in [5.41, 5.74) is 8.40. The molecule has 0 spiro atoms. The van der Waals surface area contributed by atoms with Crippen molar-refractivity contribution in [2.45, 2.75) is 6.42 Å². The predicted molar refractivity (Wildman–Crippen MR) is 85.4 cm³/mol. The standard InChI is InChI=1S/C15H17N3OS/c1-19-10-9-11-5-2-3-6-12(11)17-14-8-4-7-13(18-14)15(16)20/h2-8H,9-10H2,1H3,(H2,16,20)(H,17,18). The molecule has 1 aromatic heterocycles. The van der Waals surface area contributed by atoms with Gasteiger partial charge in [0.2, 0.25) is 0 Å². The lowest BCUT2D eigenvalue weighted by Crippen LogP contribution is -2.12. The van der Waals surface area contributed by atoms with Gasteiger partial charge in [-0.15, -0.1) is 0 Å². The Hall–Kier alpha value is -1.98. The fraction of sp³-hybridized carbons (Fsp3) is 0.200. The van der Waals surface area contributed by atoms with Crippen LogP contribution in [0.2, 0.25) is 0 Å². The first kappa shape index (κ1) is 14.4. The topological polar surface area (TPSA) is 60.2 Å². The van der Waals surface area contributed by atoms with Crippen LogP contribution >= 0.6 is 12.2 Å². The summed E-state index contributed by atoms with van der Waals surface area (Å²) in [4.78, 5) is 4.67. The number of ether oxygens (including phenoxy) is 1. The second-order valence-corrected chi connectivity index (χ2v) is 4.74. The van der Waals surface area contributed by atoms with Gasteiger partial charge in [-0.3, -0.25) is 0 Å². The van der Waals surface area contributed by atoms with Crippen molar-refractivity contribution >= 4 is 28.7 Å². The molecule has 0 aliphatic heterocycles. The van der Waals surface area contributed by atoms with Crippen LogP contribution in [0, 0.1) is 0 Å². The average molecular weight is 287 g/mol. The molecule has 0 aliphatic carbocycles. The number of thiocarbonyl (C=S) groups is 1. The highest BCUT2D eigenvalue weighted by atomic mass is 32.1. The summed E-state index contributed by atoms with van der Waals surface area (Å²) >= 11 is 4.94. The van der Waals surface area contributed by atoms with Gasteiger partial charge in [0.05, 0.1) is 12.3 Å². The Morgan fingerprint density at radius 3 is 2.80 bits per heavy atom. The first-order valence-electron chi connectivity index (χ1n) is 6.31. The smallest absolute Gasteiger partial charge is 0.131 e. The van der Waals surface area contributed by atoms with Crippen molar-refractivity contribution in [3.05, 3.63) is 53.7 Å². The number of nitrogens with one attached hydrogen (secondary N) is 1. The Bertz CT molecular complexity index is 601. The second kappa shape index (κ2) is 6.98. The molecule has 3 N–H and O–H groups in total. The zero-order valence-electron chi connectivity index (χ0n) is 11.3. The number of pyridine rings is 1. The van der Waals surface area contributed by atoms with E-state index in [0.29, 0.717) is 17.3 Å². The van der Waals surface area contributed by atoms with Crippen molar-refractivity contribution in [3.63, 3.8) is 0 Å². The third-order valence-electron chi connectivity index (χ3n) is 2.86. The maximum Gasteiger partial charge on any atom is 0.131 e. The van der Waals surface area contributed by atoms with Crippen LogP contribution < -0.4 is 11.1 Å². The van der Waals surface area contributed by atoms with E-state index in [1.807, 2.05) is 30.3 Å². The zero-order valence-corrected chi connectivity index (χ0v) is 12.1. The quantitative estimate of drug-likeness (QED) is 0.800. The van der Waals surface area contributed by atoms with Crippen molar-refractivity contribution in [3.8, 4) is 0 Å². The van der Waals surface area contributed by atoms with Gasteiger partial charge in [0, 0.05) is 12.8 Å². The molecule has 2 rings (SSSR count). The van der Waals surface area contributed by atoms with Gasteiger partial charge in [-0.05, 0) is 30.2 Å². The van der Waals surface area contributed by atoms with Crippen LogP contribution in [0.4, 0.5) is 11.5 Å². The molecule has 0 bridgehead atoms. The molecule has 1 heterocycles. The van der Waals surface area contributed by atoms with Crippen molar-refractivity contribution in [2.75, 3.05) is 19.0 Å². The summed E-state index contributed by atoms with van der Waals surface area (Å²) in [6, 6.07) is 13.6. The molecule has 0 atom stereocenters. The number of nitrogens with two attached hydrogens (primary N) is 1. The molecular formula is C15H17N3OS. The third kappa shape index (κ3) is 3.76. The lowest BCUT2D eigenvalue weighted by atomic mass is 10.1. The first-order chi connectivity index (χ1) is 9.70. The van der Waals surface area contributed by atoms with Crippen molar-refractivity contribution in [1.29, 1.82) is 0 Å². The van der Waals surface area contributed by atoms with Crippen LogP contribution in [0.15, 0.2) is 42.5 Å². The largest absolute Gasteiger partial charge is 0.388 e. The molecule has 0 fully saturated rings. The number of methoxy groups -OCH3 is 1. The normalized spacial score (nSPS) is 10.2. The van der Waals surface area contributed by atoms with Gasteiger partial charge in [0.15, 0.2) is 0 Å². The highest BCUT2D eigenvalue weighted by Gasteiger charge is 2.04. The van der Waals surface area contributed by atoms with Gasteiger partial charge >= 0.3 is 0 Å². The summed E-state index contributed by atoms with van der Waals surface area (Å²) in [5.74, 6) is 0.722. The minimum absolute atomic E-state index is 0.293. The van der Waals surface area contributed by atoms with Crippen molar-refractivity contribution in [1.82, 2.24) is 4.98 Å². The number of para-hydroxylation sites is 1. The second-order valence-electron chi connectivity index (χ2n) is 4.30. The predicted octanol–water partition coefficient (Wildman–Crippen LogP) is 2.65. The number of nitrogens with zero attached hydrogens (tertiary/aromatic N) is 1. The Morgan fingerprint density at radius 1 is 1.25 bits per heavy atom. The van der Waals surface area contributed by atoms with Crippen LogP contribution in [0.25, 0.3) is 0 Å². The minimum Gasteiger partial charge on any atom is -0.388 e. The summed E-state index contributed by atoms with van der Waals surface area (Å²) in [6.07, 6.45) is 0.842. The van der Waals surface area contributed by atoms with E-state index < -0.39 is 0 Å². The molecule has 0 unspecified atom stereocenters. The van der Waals surface area contributed by atoms with E-state index in [9.17, 15) is 0 Å². The number of benzene rings is 1. The molecule has 0 saturated heterocycles. The van der Waals surface area contributed by atoms with Crippen LogP contribution in [-0.2, 0) is 11.2 Å². The molecular weight excluding hydrogens is 270 g/mol. The van der Waals surface area contributed by atoms with E-state index in [-0.39, 0.29) is 0 Å². The highest BCUT2D eigenvalue weighted by molar-refractivity contribution is 7.80. The highest BCUT2D eigenvalue weighted by Crippen LogP contribution is 2.20. The van der Waals surface area contributed by atoms with Crippen LogP contribution in [0.1, 0.15) is 11.3 Å². The molecule has 2 aromatic rings. The fourth-order valence-electron chi connectivity index (χ4n) is 1.85. The Balaban J connectivity index is 2.21. The molecule has 1 aromatic carbocycles. The van der Waals surface area contributed by atoms with E-state index in [0.717, 1.165) is 17.9 Å². The monoisotopic (exact) mass is 287 g/mol. The Morgan fingerprint density at radius 2 is 2.05 bits per heavy atom. The fourth-order valence-corrected chi connectivity index (χ4v) is 1.97. The summed E-state index contributed by atoms with van der Waals surface area (Å²) < 4.78 is 5.12. The molecule has 5 heteroatoms. The van der Waals surface area contributed by atoms with Gasteiger partial charge in [-0.1, -0.05) is 36.5 Å². The SMILES string of the molecule is COCCc1ccccc1Nc1cccc(C(N)=S)n1. The van der Waals surface area contributed by atoms with E-state index in [1.54, 1.807) is 13.2 Å². The van der Waals surface area contributed by atoms with Crippen molar-refractivity contribution < 1.29 is 4.74 Å². The minimum atomic E-state index is 0.293. The Labute approximate surface area is 124 Å². The number of anilines is 2. The average Bonchev–Trinajstić information content (AvgIpc) is 2.46. The molecule has 0 aliphatic rings.